The molecule has 4 aliphatic carbocycles. The molecule has 7 fully saturated rings. The highest BCUT2D eigenvalue weighted by Crippen LogP contribution is 2.72. The van der Waals surface area contributed by atoms with E-state index < -0.39 is 79.4 Å². The molecule has 52 heavy (non-hydrogen) atoms. The highest BCUT2D eigenvalue weighted by molar-refractivity contribution is 5.29. The maximum Gasteiger partial charge on any atom is 0.187 e. The normalized spacial score (nSPS) is 58.9. The van der Waals surface area contributed by atoms with Crippen LogP contribution >= 0.6 is 0 Å². The lowest BCUT2D eigenvalue weighted by Gasteiger charge is -2.62. The topological polar surface area (TPSA) is 197 Å². The molecular formula is C39H62O13. The van der Waals surface area contributed by atoms with Gasteiger partial charge in [-0.15, -0.1) is 0 Å². The van der Waals surface area contributed by atoms with Crippen LogP contribution in [0.25, 0.3) is 0 Å². The molecule has 0 bridgehead atoms. The van der Waals surface area contributed by atoms with Crippen LogP contribution in [0.4, 0.5) is 0 Å². The quantitative estimate of drug-likeness (QED) is 0.201. The van der Waals surface area contributed by atoms with Crippen molar-refractivity contribution in [3.05, 3.63) is 11.6 Å². The average Bonchev–Trinajstić information content (AvgIpc) is 3.51. The molecule has 0 amide bonds. The molecule has 21 atom stereocenters. The van der Waals surface area contributed by atoms with Gasteiger partial charge in [0, 0.05) is 30.1 Å². The summed E-state index contributed by atoms with van der Waals surface area (Å²) in [5.74, 6) is 0.934. The minimum atomic E-state index is -1.63. The molecule has 0 aromatic carbocycles. The molecule has 4 saturated heterocycles. The molecule has 4 heterocycles. The van der Waals surface area contributed by atoms with Crippen LogP contribution in [-0.2, 0) is 28.4 Å². The first-order chi connectivity index (χ1) is 24.6. The van der Waals surface area contributed by atoms with Gasteiger partial charge < -0.3 is 64.2 Å². The number of fused-ring (bicyclic) bond motifs is 7. The number of ether oxygens (including phenoxy) is 6. The summed E-state index contributed by atoms with van der Waals surface area (Å²) in [4.78, 5) is 0. The van der Waals surface area contributed by atoms with Crippen molar-refractivity contribution in [1.29, 1.82) is 0 Å². The third kappa shape index (κ3) is 5.58. The summed E-state index contributed by atoms with van der Waals surface area (Å²) in [5.41, 5.74) is 0.107. The fourth-order valence-corrected chi connectivity index (χ4v) is 12.5. The molecule has 0 aromatic heterocycles. The Morgan fingerprint density at radius 3 is 2.27 bits per heavy atom. The van der Waals surface area contributed by atoms with Crippen LogP contribution in [0.15, 0.2) is 11.6 Å². The zero-order valence-corrected chi connectivity index (χ0v) is 31.3. The van der Waals surface area contributed by atoms with E-state index in [-0.39, 0.29) is 40.8 Å². The van der Waals surface area contributed by atoms with Crippen LogP contribution < -0.4 is 0 Å². The predicted octanol–water partition coefficient (Wildman–Crippen LogP) is 1.50. The molecule has 1 spiro atoms. The summed E-state index contributed by atoms with van der Waals surface area (Å²) < 4.78 is 36.9. The van der Waals surface area contributed by atoms with Gasteiger partial charge in [0.2, 0.25) is 0 Å². The maximum atomic E-state index is 12.9. The van der Waals surface area contributed by atoms with Crippen molar-refractivity contribution in [2.24, 2.45) is 40.4 Å². The summed E-state index contributed by atoms with van der Waals surface area (Å²) in [7, 11) is 0. The first-order valence-electron chi connectivity index (χ1n) is 19.9. The number of rotatable bonds is 5. The van der Waals surface area contributed by atoms with E-state index in [0.29, 0.717) is 31.1 Å². The number of aliphatic hydroxyl groups excluding tert-OH is 6. The molecule has 3 saturated carbocycles. The molecule has 8 aliphatic rings. The minimum absolute atomic E-state index is 0.00666. The SMILES string of the molecule is C[C@@H]1CC[C@@]2(OC1)O[C@H]1C[C@@]3(O)[C@@H]4CC=C5C[C@@H](O[C@@H]6O[C@H](CO)[C@@H](O[C@@H]7O[C@@H](C)[C@H](O)[C@@H](O)[C@H]7O)[C@H](O)[C@H]6O)CC[C@]5(C)[C@H]4CC[C@]3(C)[C@H]1[C@@H]2C. The lowest BCUT2D eigenvalue weighted by molar-refractivity contribution is -0.360. The Kier molecular flexibility index (Phi) is 9.83. The molecule has 0 unspecified atom stereocenters. The fraction of sp³-hybridized carbons (Fsp3) is 0.949. The molecule has 8 rings (SSSR count). The first-order valence-corrected chi connectivity index (χ1v) is 19.9. The van der Waals surface area contributed by atoms with Crippen molar-refractivity contribution >= 4 is 0 Å². The van der Waals surface area contributed by atoms with Gasteiger partial charge in [0.1, 0.15) is 42.7 Å². The van der Waals surface area contributed by atoms with Crippen LogP contribution in [0.2, 0.25) is 0 Å². The van der Waals surface area contributed by atoms with Crippen LogP contribution in [0, 0.1) is 40.4 Å². The van der Waals surface area contributed by atoms with E-state index >= 15 is 0 Å². The van der Waals surface area contributed by atoms with Crippen molar-refractivity contribution in [1.82, 2.24) is 0 Å². The van der Waals surface area contributed by atoms with E-state index in [0.717, 1.165) is 45.1 Å². The number of aliphatic hydroxyl groups is 7. The number of allylic oxidation sites excluding steroid dienone is 1. The summed E-state index contributed by atoms with van der Waals surface area (Å²) >= 11 is 0. The Hall–Kier alpha value is -0.780. The molecule has 13 heteroatoms. The third-order valence-corrected chi connectivity index (χ3v) is 15.7. The second kappa shape index (κ2) is 13.4. The molecule has 13 nitrogen and oxygen atoms in total. The summed E-state index contributed by atoms with van der Waals surface area (Å²) in [6.07, 6.45) is -3.95. The molecular weight excluding hydrogens is 676 g/mol. The van der Waals surface area contributed by atoms with Gasteiger partial charge >= 0.3 is 0 Å². The van der Waals surface area contributed by atoms with E-state index in [4.69, 9.17) is 28.4 Å². The van der Waals surface area contributed by atoms with Gasteiger partial charge in [-0.05, 0) is 75.0 Å². The van der Waals surface area contributed by atoms with Crippen LogP contribution in [0.1, 0.15) is 92.4 Å². The Bertz CT molecular complexity index is 1350. The van der Waals surface area contributed by atoms with E-state index in [9.17, 15) is 35.7 Å². The maximum absolute atomic E-state index is 12.9. The monoisotopic (exact) mass is 738 g/mol. The van der Waals surface area contributed by atoms with Crippen molar-refractivity contribution in [2.45, 2.75) is 177 Å². The second-order valence-electron chi connectivity index (χ2n) is 18.4. The van der Waals surface area contributed by atoms with Crippen molar-refractivity contribution in [3.8, 4) is 0 Å². The number of hydrogen-bond acceptors (Lipinski definition) is 13. The highest BCUT2D eigenvalue weighted by atomic mass is 16.7. The van der Waals surface area contributed by atoms with E-state index in [1.54, 1.807) is 0 Å². The van der Waals surface area contributed by atoms with Crippen molar-refractivity contribution in [2.75, 3.05) is 13.2 Å². The van der Waals surface area contributed by atoms with Gasteiger partial charge in [0.05, 0.1) is 37.1 Å². The summed E-state index contributed by atoms with van der Waals surface area (Å²) in [5, 5.41) is 76.0. The minimum Gasteiger partial charge on any atom is -0.394 e. The molecule has 296 valence electrons. The molecule has 0 radical (unpaired) electrons. The zero-order chi connectivity index (χ0) is 37.1. The second-order valence-corrected chi connectivity index (χ2v) is 18.4. The Balaban J connectivity index is 0.932. The van der Waals surface area contributed by atoms with Gasteiger partial charge in [-0.25, -0.2) is 0 Å². The van der Waals surface area contributed by atoms with Crippen molar-refractivity contribution < 1.29 is 64.2 Å². The van der Waals surface area contributed by atoms with Crippen LogP contribution in [0.5, 0.6) is 0 Å². The Morgan fingerprint density at radius 2 is 1.56 bits per heavy atom. The fourth-order valence-electron chi connectivity index (χ4n) is 12.5. The zero-order valence-electron chi connectivity index (χ0n) is 31.3. The largest absolute Gasteiger partial charge is 0.394 e. The molecule has 7 N–H and O–H groups in total. The molecule has 0 aromatic rings. The lowest BCUT2D eigenvalue weighted by Crippen LogP contribution is -2.64. The van der Waals surface area contributed by atoms with Gasteiger partial charge in [0.15, 0.2) is 18.4 Å². The van der Waals surface area contributed by atoms with Gasteiger partial charge in [-0.3, -0.25) is 0 Å². The smallest absolute Gasteiger partial charge is 0.187 e. The van der Waals surface area contributed by atoms with Gasteiger partial charge in [0.25, 0.3) is 0 Å². The summed E-state index contributed by atoms with van der Waals surface area (Å²) in [6.45, 7) is 10.9. The molecule has 4 aliphatic heterocycles. The van der Waals surface area contributed by atoms with E-state index in [1.165, 1.54) is 12.5 Å². The van der Waals surface area contributed by atoms with Gasteiger partial charge in [-0.1, -0.05) is 39.3 Å². The Labute approximate surface area is 306 Å². The highest BCUT2D eigenvalue weighted by Gasteiger charge is 2.74. The third-order valence-electron chi connectivity index (χ3n) is 15.7. The van der Waals surface area contributed by atoms with E-state index in [2.05, 4.69) is 33.8 Å². The lowest BCUT2D eigenvalue weighted by atomic mass is 9.45. The van der Waals surface area contributed by atoms with Crippen LogP contribution in [-0.4, -0.2) is 134 Å². The first kappa shape index (κ1) is 38.1. The standard InChI is InChI=1S/C39H62O13/c1-18-8-13-39(47-17-18)19(2)27-25(52-39)15-38(46)24-7-6-21-14-22(9-11-36(21,4)23(24)10-12-37(27,38)5)49-35-32(45)30(43)33(26(16-40)50-35)51-34-31(44)29(42)28(41)20(3)48-34/h6,18-20,22-35,40-46H,7-17H2,1-5H3/t18-,19+,20+,22+,23+,24-,25+,26-,27+,28+,29-,30-,31-,32-,33-,34+,35-,36+,37-,38-,39-/m1/s1. The van der Waals surface area contributed by atoms with Crippen LogP contribution in [0.3, 0.4) is 0 Å². The Morgan fingerprint density at radius 1 is 0.827 bits per heavy atom. The average molecular weight is 739 g/mol. The summed E-state index contributed by atoms with van der Waals surface area (Å²) in [6, 6.07) is 0. The predicted molar refractivity (Wildman–Crippen MR) is 183 cm³/mol. The van der Waals surface area contributed by atoms with E-state index in [1.807, 2.05) is 0 Å². The number of hydrogen-bond donors (Lipinski definition) is 7. The van der Waals surface area contributed by atoms with Gasteiger partial charge in [-0.2, -0.15) is 0 Å². The van der Waals surface area contributed by atoms with Crippen molar-refractivity contribution in [3.63, 3.8) is 0 Å².